The van der Waals surface area contributed by atoms with Crippen molar-refractivity contribution in [2.45, 2.75) is 58.0 Å². The van der Waals surface area contributed by atoms with E-state index in [1.54, 1.807) is 0 Å². The van der Waals surface area contributed by atoms with E-state index in [9.17, 15) is 4.79 Å². The molecule has 0 heterocycles. The highest BCUT2D eigenvalue weighted by atomic mass is 16.5. The molecular formula is C12H23NO2. The van der Waals surface area contributed by atoms with Crippen LogP contribution in [0.25, 0.3) is 0 Å². The minimum atomic E-state index is -0.174. The monoisotopic (exact) mass is 213 g/mol. The lowest BCUT2D eigenvalue weighted by atomic mass is 9.82. The van der Waals surface area contributed by atoms with Gasteiger partial charge in [0, 0.05) is 6.04 Å². The fraction of sp³-hybridized carbons (Fsp3) is 0.917. The van der Waals surface area contributed by atoms with Crippen molar-refractivity contribution in [3.05, 3.63) is 0 Å². The minimum Gasteiger partial charge on any atom is -0.468 e. The number of hydrogen-bond donors (Lipinski definition) is 1. The number of methoxy groups -OCH3 is 1. The number of nitrogens with one attached hydrogen (secondary N) is 1. The van der Waals surface area contributed by atoms with Gasteiger partial charge in [0.15, 0.2) is 0 Å². The van der Waals surface area contributed by atoms with Crippen LogP contribution in [0.3, 0.4) is 0 Å². The van der Waals surface area contributed by atoms with E-state index in [1.165, 1.54) is 39.2 Å². The summed E-state index contributed by atoms with van der Waals surface area (Å²) in [7, 11) is 1.44. The fourth-order valence-corrected chi connectivity index (χ4v) is 2.48. The molecule has 0 aromatic heterocycles. The van der Waals surface area contributed by atoms with Crippen LogP contribution in [0.2, 0.25) is 0 Å². The lowest BCUT2D eigenvalue weighted by Gasteiger charge is -2.33. The highest BCUT2D eigenvalue weighted by Crippen LogP contribution is 2.27. The molecule has 1 aliphatic carbocycles. The topological polar surface area (TPSA) is 38.3 Å². The minimum absolute atomic E-state index is 0.157. The third-order valence-electron chi connectivity index (χ3n) is 3.45. The largest absolute Gasteiger partial charge is 0.468 e. The Morgan fingerprint density at radius 3 is 2.73 bits per heavy atom. The summed E-state index contributed by atoms with van der Waals surface area (Å²) < 4.78 is 4.72. The summed E-state index contributed by atoms with van der Waals surface area (Å²) in [6, 6.07) is 0.324. The van der Waals surface area contributed by atoms with Gasteiger partial charge in [0.05, 0.1) is 7.11 Å². The molecule has 1 aliphatic rings. The zero-order valence-corrected chi connectivity index (χ0v) is 10.1. The third-order valence-corrected chi connectivity index (χ3v) is 3.45. The molecule has 88 valence electrons. The third kappa shape index (κ3) is 3.49. The first-order valence-electron chi connectivity index (χ1n) is 6.03. The molecule has 1 N–H and O–H groups in total. The van der Waals surface area contributed by atoms with Crippen molar-refractivity contribution in [3.8, 4) is 0 Å². The van der Waals surface area contributed by atoms with Crippen LogP contribution >= 0.6 is 0 Å². The van der Waals surface area contributed by atoms with Crippen LogP contribution in [0, 0.1) is 5.92 Å². The summed E-state index contributed by atoms with van der Waals surface area (Å²) >= 11 is 0. The molecule has 3 heteroatoms. The van der Waals surface area contributed by atoms with Crippen LogP contribution in [-0.4, -0.2) is 25.2 Å². The van der Waals surface area contributed by atoms with Gasteiger partial charge in [0.25, 0.3) is 0 Å². The van der Waals surface area contributed by atoms with E-state index in [2.05, 4.69) is 12.2 Å². The maximum absolute atomic E-state index is 11.3. The first-order valence-corrected chi connectivity index (χ1v) is 6.03. The van der Waals surface area contributed by atoms with Crippen LogP contribution in [0.5, 0.6) is 0 Å². The molecule has 0 amide bonds. The Labute approximate surface area is 92.6 Å². The zero-order chi connectivity index (χ0) is 11.3. The van der Waals surface area contributed by atoms with Gasteiger partial charge in [-0.3, -0.25) is 4.79 Å². The van der Waals surface area contributed by atoms with Gasteiger partial charge >= 0.3 is 5.97 Å². The Balaban J connectivity index is 2.43. The average molecular weight is 213 g/mol. The summed E-state index contributed by atoms with van der Waals surface area (Å²) in [6.07, 6.45) is 6.30. The average Bonchev–Trinajstić information content (AvgIpc) is 2.28. The van der Waals surface area contributed by atoms with Crippen molar-refractivity contribution in [1.82, 2.24) is 5.32 Å². The molecule has 0 radical (unpaired) electrons. The molecule has 0 bridgehead atoms. The summed E-state index contributed by atoms with van der Waals surface area (Å²) in [4.78, 5) is 11.3. The van der Waals surface area contributed by atoms with Gasteiger partial charge in [-0.15, -0.1) is 0 Å². The molecule has 0 saturated heterocycles. The van der Waals surface area contributed by atoms with E-state index in [0.29, 0.717) is 6.04 Å². The van der Waals surface area contributed by atoms with E-state index in [0.717, 1.165) is 5.92 Å². The number of rotatable bonds is 4. The molecule has 0 spiro atoms. The Kier molecular flexibility index (Phi) is 5.09. The second kappa shape index (κ2) is 6.11. The number of carbonyl (C=O) groups excluding carboxylic acids is 1. The van der Waals surface area contributed by atoms with Gasteiger partial charge in [-0.2, -0.15) is 0 Å². The second-order valence-corrected chi connectivity index (χ2v) is 4.47. The van der Waals surface area contributed by atoms with E-state index >= 15 is 0 Å². The second-order valence-electron chi connectivity index (χ2n) is 4.47. The number of ether oxygens (including phenoxy) is 1. The fourth-order valence-electron chi connectivity index (χ4n) is 2.48. The number of hydrogen-bond acceptors (Lipinski definition) is 3. The normalized spacial score (nSPS) is 28.5. The van der Waals surface area contributed by atoms with Crippen LogP contribution in [0.1, 0.15) is 46.0 Å². The standard InChI is InChI=1S/C12H23NO2/c1-4-10-7-5-6-8-11(10)13-9(2)12(14)15-3/h9-11,13H,4-8H2,1-3H3. The molecule has 3 nitrogen and oxygen atoms in total. The van der Waals surface area contributed by atoms with Gasteiger partial charge in [-0.05, 0) is 25.7 Å². The van der Waals surface area contributed by atoms with E-state index in [4.69, 9.17) is 4.74 Å². The molecular weight excluding hydrogens is 190 g/mol. The Bertz CT molecular complexity index is 206. The van der Waals surface area contributed by atoms with Gasteiger partial charge < -0.3 is 10.1 Å². The molecule has 0 aliphatic heterocycles. The Morgan fingerprint density at radius 2 is 2.13 bits per heavy atom. The predicted octanol–water partition coefficient (Wildman–Crippen LogP) is 2.11. The highest BCUT2D eigenvalue weighted by molar-refractivity contribution is 5.75. The maximum atomic E-state index is 11.3. The maximum Gasteiger partial charge on any atom is 0.322 e. The molecule has 0 aromatic rings. The summed E-state index contributed by atoms with van der Waals surface area (Å²) in [5.74, 6) is 0.571. The summed E-state index contributed by atoms with van der Waals surface area (Å²) in [5.41, 5.74) is 0. The molecule has 15 heavy (non-hydrogen) atoms. The number of esters is 1. The highest BCUT2D eigenvalue weighted by Gasteiger charge is 2.26. The molecule has 0 aromatic carbocycles. The van der Waals surface area contributed by atoms with Gasteiger partial charge in [-0.25, -0.2) is 0 Å². The first kappa shape index (κ1) is 12.5. The van der Waals surface area contributed by atoms with Crippen molar-refractivity contribution >= 4 is 5.97 Å². The van der Waals surface area contributed by atoms with Gasteiger partial charge in [-0.1, -0.05) is 26.2 Å². The van der Waals surface area contributed by atoms with Crippen molar-refractivity contribution in [2.24, 2.45) is 5.92 Å². The van der Waals surface area contributed by atoms with Crippen molar-refractivity contribution in [2.75, 3.05) is 7.11 Å². The summed E-state index contributed by atoms with van der Waals surface area (Å²) in [5, 5.41) is 3.40. The molecule has 1 saturated carbocycles. The van der Waals surface area contributed by atoms with Crippen molar-refractivity contribution in [3.63, 3.8) is 0 Å². The van der Waals surface area contributed by atoms with Gasteiger partial charge in [0.1, 0.15) is 6.04 Å². The SMILES string of the molecule is CCC1CCCCC1NC(C)C(=O)OC. The van der Waals surface area contributed by atoms with Gasteiger partial charge in [0.2, 0.25) is 0 Å². The van der Waals surface area contributed by atoms with Crippen LogP contribution in [0.4, 0.5) is 0 Å². The predicted molar refractivity (Wildman–Crippen MR) is 60.7 cm³/mol. The van der Waals surface area contributed by atoms with Crippen molar-refractivity contribution in [1.29, 1.82) is 0 Å². The first-order chi connectivity index (χ1) is 7.19. The molecule has 3 unspecified atom stereocenters. The lowest BCUT2D eigenvalue weighted by Crippen LogP contribution is -2.46. The zero-order valence-electron chi connectivity index (χ0n) is 10.1. The van der Waals surface area contributed by atoms with Crippen LogP contribution in [0.15, 0.2) is 0 Å². The molecule has 1 rings (SSSR count). The number of carbonyl (C=O) groups is 1. The van der Waals surface area contributed by atoms with Crippen LogP contribution < -0.4 is 5.32 Å². The Morgan fingerprint density at radius 1 is 1.47 bits per heavy atom. The lowest BCUT2D eigenvalue weighted by molar-refractivity contribution is -0.143. The van der Waals surface area contributed by atoms with E-state index < -0.39 is 0 Å². The molecule has 1 fully saturated rings. The smallest absolute Gasteiger partial charge is 0.322 e. The van der Waals surface area contributed by atoms with E-state index in [1.807, 2.05) is 6.92 Å². The van der Waals surface area contributed by atoms with Crippen LogP contribution in [-0.2, 0) is 9.53 Å². The van der Waals surface area contributed by atoms with E-state index in [-0.39, 0.29) is 12.0 Å². The molecule has 3 atom stereocenters. The Hall–Kier alpha value is -0.570. The quantitative estimate of drug-likeness (QED) is 0.727. The summed E-state index contributed by atoms with van der Waals surface area (Å²) in [6.45, 7) is 4.11. The van der Waals surface area contributed by atoms with Crippen molar-refractivity contribution < 1.29 is 9.53 Å².